The van der Waals surface area contributed by atoms with Gasteiger partial charge < -0.3 is 19.5 Å². The van der Waals surface area contributed by atoms with Crippen LogP contribution in [-0.2, 0) is 16.1 Å². The van der Waals surface area contributed by atoms with Crippen LogP contribution in [0.1, 0.15) is 41.6 Å². The second-order valence-electron chi connectivity index (χ2n) is 9.60. The van der Waals surface area contributed by atoms with Crippen LogP contribution < -0.4 is 9.47 Å². The number of carbonyl (C=O) groups is 2. The maximum absolute atomic E-state index is 13.5. The van der Waals surface area contributed by atoms with Gasteiger partial charge in [0.1, 0.15) is 23.0 Å². The van der Waals surface area contributed by atoms with Crippen molar-refractivity contribution in [2.75, 3.05) is 6.61 Å². The van der Waals surface area contributed by atoms with Crippen molar-refractivity contribution in [3.63, 3.8) is 0 Å². The van der Waals surface area contributed by atoms with Crippen LogP contribution in [0.25, 0.3) is 5.76 Å². The molecule has 4 aromatic rings. The Hall–Kier alpha value is -4.91. The highest BCUT2D eigenvalue weighted by atomic mass is 16.5. The fourth-order valence-corrected chi connectivity index (χ4v) is 4.77. The molecule has 1 aliphatic rings. The van der Waals surface area contributed by atoms with Crippen molar-refractivity contribution in [2.45, 2.75) is 32.9 Å². The van der Waals surface area contributed by atoms with Crippen LogP contribution in [0.3, 0.4) is 0 Å². The fraction of sp³-hybridized carbons (Fsp3) is 0.182. The highest BCUT2D eigenvalue weighted by molar-refractivity contribution is 6.46. The van der Waals surface area contributed by atoms with Gasteiger partial charge >= 0.3 is 0 Å². The molecule has 0 aliphatic carbocycles. The van der Waals surface area contributed by atoms with Crippen LogP contribution in [-0.4, -0.2) is 33.3 Å². The van der Waals surface area contributed by atoms with E-state index in [1.165, 1.54) is 4.90 Å². The number of hydrogen-bond donors (Lipinski definition) is 1. The molecule has 0 spiro atoms. The summed E-state index contributed by atoms with van der Waals surface area (Å²) in [5.74, 6) is 0.254. The first-order valence-electron chi connectivity index (χ1n) is 13.2. The molecule has 3 aromatic carbocycles. The summed E-state index contributed by atoms with van der Waals surface area (Å²) in [5.41, 5.74) is 2.73. The molecule has 1 saturated heterocycles. The molecule has 2 heterocycles. The Balaban J connectivity index is 1.59. The molecular formula is C33H30N2O5. The van der Waals surface area contributed by atoms with E-state index in [0.29, 0.717) is 35.0 Å². The zero-order chi connectivity index (χ0) is 28.1. The maximum Gasteiger partial charge on any atom is 0.295 e. The Bertz CT molecular complexity index is 1550. The number of pyridine rings is 1. The van der Waals surface area contributed by atoms with Crippen molar-refractivity contribution in [1.29, 1.82) is 0 Å². The molecule has 202 valence electrons. The highest BCUT2D eigenvalue weighted by Gasteiger charge is 2.46. The largest absolute Gasteiger partial charge is 0.507 e. The zero-order valence-corrected chi connectivity index (χ0v) is 22.4. The van der Waals surface area contributed by atoms with E-state index in [4.69, 9.17) is 9.47 Å². The van der Waals surface area contributed by atoms with E-state index in [-0.39, 0.29) is 17.9 Å². The maximum atomic E-state index is 13.5. The van der Waals surface area contributed by atoms with Crippen LogP contribution in [0.15, 0.2) is 103 Å². The van der Waals surface area contributed by atoms with Gasteiger partial charge in [0.15, 0.2) is 0 Å². The average Bonchev–Trinajstić information content (AvgIpc) is 3.22. The molecule has 1 N–H and O–H groups in total. The summed E-state index contributed by atoms with van der Waals surface area (Å²) in [4.78, 5) is 32.5. The Morgan fingerprint density at radius 3 is 2.40 bits per heavy atom. The van der Waals surface area contributed by atoms with Crippen molar-refractivity contribution < 1.29 is 24.2 Å². The Labute approximate surface area is 233 Å². The lowest BCUT2D eigenvalue weighted by Gasteiger charge is -2.26. The lowest BCUT2D eigenvalue weighted by atomic mass is 9.94. The van der Waals surface area contributed by atoms with Crippen molar-refractivity contribution >= 4 is 17.4 Å². The summed E-state index contributed by atoms with van der Waals surface area (Å²) in [5, 5.41) is 11.5. The van der Waals surface area contributed by atoms with Crippen molar-refractivity contribution in [1.82, 2.24) is 9.88 Å². The first-order valence-corrected chi connectivity index (χ1v) is 13.2. The summed E-state index contributed by atoms with van der Waals surface area (Å²) in [6, 6.07) is 24.6. The van der Waals surface area contributed by atoms with Gasteiger partial charge in [-0.3, -0.25) is 14.6 Å². The first kappa shape index (κ1) is 26.7. The first-order chi connectivity index (χ1) is 19.5. The average molecular weight is 535 g/mol. The van der Waals surface area contributed by atoms with E-state index in [1.807, 2.05) is 62.4 Å². The SMILES string of the molecule is CCCOc1ccc(/C(O)=C2\C(=O)C(=O)N(Cc3ccncc3)C2c2cccc(Oc3ccccc3)c2)cc1C. The van der Waals surface area contributed by atoms with Crippen molar-refractivity contribution in [3.05, 3.63) is 125 Å². The standard InChI is InChI=1S/C33H30N2O5/c1-3-18-39-28-13-12-25(19-22(28)2)31(36)29-30(35(33(38)32(29)37)21-23-14-16-34-17-15-23)24-8-7-11-27(20-24)40-26-9-5-4-6-10-26/h4-17,19-20,30,36H,3,18,21H2,1-2H3/b31-29+. The number of nitrogens with zero attached hydrogens (tertiary/aromatic N) is 2. The predicted molar refractivity (Wildman–Crippen MR) is 152 cm³/mol. The monoisotopic (exact) mass is 534 g/mol. The second kappa shape index (κ2) is 11.9. The zero-order valence-electron chi connectivity index (χ0n) is 22.4. The smallest absolute Gasteiger partial charge is 0.295 e. The molecule has 1 aliphatic heterocycles. The second-order valence-corrected chi connectivity index (χ2v) is 9.60. The van der Waals surface area contributed by atoms with Crippen LogP contribution >= 0.6 is 0 Å². The van der Waals surface area contributed by atoms with Gasteiger partial charge in [-0.15, -0.1) is 0 Å². The lowest BCUT2D eigenvalue weighted by Crippen LogP contribution is -2.29. The molecule has 7 heteroatoms. The number of aliphatic hydroxyl groups is 1. The lowest BCUT2D eigenvalue weighted by molar-refractivity contribution is -0.140. The molecule has 0 bridgehead atoms. The van der Waals surface area contributed by atoms with Gasteiger partial charge in [-0.05, 0) is 84.6 Å². The minimum Gasteiger partial charge on any atom is -0.507 e. The number of Topliss-reactive ketones (excluding diaryl/α,β-unsaturated/α-hetero) is 1. The molecule has 5 rings (SSSR count). The summed E-state index contributed by atoms with van der Waals surface area (Å²) in [7, 11) is 0. The van der Waals surface area contributed by atoms with Gasteiger partial charge in [0.2, 0.25) is 0 Å². The molecule has 1 fully saturated rings. The van der Waals surface area contributed by atoms with Gasteiger partial charge in [0.05, 0.1) is 18.2 Å². The predicted octanol–water partition coefficient (Wildman–Crippen LogP) is 6.59. The number of carbonyl (C=O) groups excluding carboxylic acids is 2. The van der Waals surface area contributed by atoms with E-state index in [2.05, 4.69) is 4.98 Å². The highest BCUT2D eigenvalue weighted by Crippen LogP contribution is 2.41. The minimum absolute atomic E-state index is 0.0255. The van der Waals surface area contributed by atoms with E-state index in [1.54, 1.807) is 48.8 Å². The number of amides is 1. The van der Waals surface area contributed by atoms with Crippen molar-refractivity contribution in [2.24, 2.45) is 0 Å². The van der Waals surface area contributed by atoms with E-state index >= 15 is 0 Å². The number of aryl methyl sites for hydroxylation is 1. The van der Waals surface area contributed by atoms with E-state index in [0.717, 1.165) is 17.5 Å². The normalized spacial score (nSPS) is 16.2. The molecule has 1 unspecified atom stereocenters. The summed E-state index contributed by atoms with van der Waals surface area (Å²) < 4.78 is 11.8. The minimum atomic E-state index is -0.830. The number of rotatable bonds is 9. The third-order valence-electron chi connectivity index (χ3n) is 6.71. The van der Waals surface area contributed by atoms with Gasteiger partial charge in [0.25, 0.3) is 11.7 Å². The molecule has 1 atom stereocenters. The number of para-hydroxylation sites is 1. The van der Waals surface area contributed by atoms with E-state index < -0.39 is 17.7 Å². The topological polar surface area (TPSA) is 89.0 Å². The Morgan fingerprint density at radius 2 is 1.68 bits per heavy atom. The van der Waals surface area contributed by atoms with Crippen LogP contribution in [0.5, 0.6) is 17.2 Å². The van der Waals surface area contributed by atoms with Crippen LogP contribution in [0.2, 0.25) is 0 Å². The van der Waals surface area contributed by atoms with Gasteiger partial charge in [-0.1, -0.05) is 37.3 Å². The molecule has 0 radical (unpaired) electrons. The van der Waals surface area contributed by atoms with Gasteiger partial charge in [0, 0.05) is 24.5 Å². The third kappa shape index (κ3) is 5.59. The van der Waals surface area contributed by atoms with E-state index in [9.17, 15) is 14.7 Å². The van der Waals surface area contributed by atoms with Crippen LogP contribution in [0.4, 0.5) is 0 Å². The number of likely N-dealkylation sites (tertiary alicyclic amines) is 1. The number of benzene rings is 3. The molecular weight excluding hydrogens is 504 g/mol. The summed E-state index contributed by atoms with van der Waals surface area (Å²) >= 11 is 0. The fourth-order valence-electron chi connectivity index (χ4n) is 4.77. The number of aliphatic hydroxyl groups excluding tert-OH is 1. The number of aromatic nitrogens is 1. The summed E-state index contributed by atoms with van der Waals surface area (Å²) in [6.07, 6.45) is 4.15. The Morgan fingerprint density at radius 1 is 0.925 bits per heavy atom. The molecule has 7 nitrogen and oxygen atoms in total. The Kier molecular flexibility index (Phi) is 7.92. The van der Waals surface area contributed by atoms with Crippen molar-refractivity contribution in [3.8, 4) is 17.2 Å². The van der Waals surface area contributed by atoms with Gasteiger partial charge in [-0.2, -0.15) is 0 Å². The molecule has 1 amide bonds. The molecule has 0 saturated carbocycles. The number of ether oxygens (including phenoxy) is 2. The number of ketones is 1. The summed E-state index contributed by atoms with van der Waals surface area (Å²) in [6.45, 7) is 4.65. The van der Waals surface area contributed by atoms with Gasteiger partial charge in [-0.25, -0.2) is 0 Å². The quantitative estimate of drug-likeness (QED) is 0.148. The third-order valence-corrected chi connectivity index (χ3v) is 6.71. The molecule has 40 heavy (non-hydrogen) atoms. The van der Waals surface area contributed by atoms with Crippen LogP contribution in [0, 0.1) is 6.92 Å². The molecule has 1 aromatic heterocycles. The number of hydrogen-bond acceptors (Lipinski definition) is 6.